The topological polar surface area (TPSA) is 70.2 Å². The summed E-state index contributed by atoms with van der Waals surface area (Å²) in [6.45, 7) is 5.83. The van der Waals surface area contributed by atoms with Gasteiger partial charge in [0.2, 0.25) is 0 Å². The predicted octanol–water partition coefficient (Wildman–Crippen LogP) is 1.98. The summed E-state index contributed by atoms with van der Waals surface area (Å²) in [6.07, 6.45) is 1.45. The van der Waals surface area contributed by atoms with E-state index in [0.29, 0.717) is 39.3 Å². The maximum atomic E-state index is 13.2. The molecule has 2 fully saturated rings. The Kier molecular flexibility index (Phi) is 5.84. The predicted molar refractivity (Wildman–Crippen MR) is 98.8 cm³/mol. The maximum Gasteiger partial charge on any atom is 0.409 e. The lowest BCUT2D eigenvalue weighted by atomic mass is 10.1. The molecule has 1 aliphatic carbocycles. The number of carbonyl (C=O) groups excluding carboxylic acids is 1. The summed E-state index contributed by atoms with van der Waals surface area (Å²) >= 11 is 0. The van der Waals surface area contributed by atoms with Gasteiger partial charge < -0.3 is 9.64 Å². The van der Waals surface area contributed by atoms with Crippen LogP contribution in [0.25, 0.3) is 0 Å². The zero-order chi connectivity index (χ0) is 18.7. The lowest BCUT2D eigenvalue weighted by Gasteiger charge is -2.36. The summed E-state index contributed by atoms with van der Waals surface area (Å²) in [7, 11) is -3.54. The molecule has 8 heteroatoms. The van der Waals surface area contributed by atoms with Crippen molar-refractivity contribution in [1.82, 2.24) is 13.5 Å². The average molecular weight is 381 g/mol. The minimum absolute atomic E-state index is 0.0874. The number of rotatable bonds is 6. The molecular weight excluding hydrogens is 354 g/mol. The van der Waals surface area contributed by atoms with E-state index in [1.807, 2.05) is 31.2 Å². The number of ether oxygens (including phenoxy) is 1. The van der Waals surface area contributed by atoms with Crippen LogP contribution in [0.15, 0.2) is 24.3 Å². The van der Waals surface area contributed by atoms with Gasteiger partial charge in [0.25, 0.3) is 10.2 Å². The Balaban J connectivity index is 1.67. The molecule has 1 saturated heterocycles. The van der Waals surface area contributed by atoms with Crippen molar-refractivity contribution in [2.45, 2.75) is 39.3 Å². The minimum Gasteiger partial charge on any atom is -0.450 e. The highest BCUT2D eigenvalue weighted by atomic mass is 32.2. The molecule has 144 valence electrons. The smallest absolute Gasteiger partial charge is 0.409 e. The van der Waals surface area contributed by atoms with Gasteiger partial charge in [-0.05, 0) is 32.3 Å². The van der Waals surface area contributed by atoms with Crippen LogP contribution in [0, 0.1) is 6.92 Å². The van der Waals surface area contributed by atoms with Crippen molar-refractivity contribution in [2.24, 2.45) is 0 Å². The zero-order valence-corrected chi connectivity index (χ0v) is 16.2. The molecule has 0 spiro atoms. The van der Waals surface area contributed by atoms with E-state index in [1.54, 1.807) is 16.1 Å². The first-order valence-corrected chi connectivity index (χ1v) is 10.6. The van der Waals surface area contributed by atoms with Crippen molar-refractivity contribution in [3.63, 3.8) is 0 Å². The van der Waals surface area contributed by atoms with Crippen molar-refractivity contribution >= 4 is 16.3 Å². The summed E-state index contributed by atoms with van der Waals surface area (Å²) in [4.78, 5) is 13.4. The standard InChI is InChI=1S/C18H27N3O4S/c1-3-25-18(22)19-10-12-20(13-11-19)26(23,24)21(17-8-9-17)14-16-6-4-15(2)5-7-16/h4-7,17H,3,8-14H2,1-2H3. The van der Waals surface area contributed by atoms with Crippen molar-refractivity contribution in [2.75, 3.05) is 32.8 Å². The van der Waals surface area contributed by atoms with Gasteiger partial charge in [-0.2, -0.15) is 17.0 Å². The second-order valence-corrected chi connectivity index (χ2v) is 8.74. The van der Waals surface area contributed by atoms with Crippen molar-refractivity contribution in [3.8, 4) is 0 Å². The lowest BCUT2D eigenvalue weighted by Crippen LogP contribution is -2.54. The van der Waals surface area contributed by atoms with Crippen molar-refractivity contribution < 1.29 is 17.9 Å². The molecule has 2 aliphatic rings. The minimum atomic E-state index is -3.54. The molecule has 0 unspecified atom stereocenters. The fourth-order valence-electron chi connectivity index (χ4n) is 3.10. The van der Waals surface area contributed by atoms with E-state index < -0.39 is 10.2 Å². The number of carbonyl (C=O) groups is 1. The number of amides is 1. The molecule has 0 N–H and O–H groups in total. The van der Waals surface area contributed by atoms with Crippen LogP contribution in [0.4, 0.5) is 4.79 Å². The molecule has 1 aromatic rings. The van der Waals surface area contributed by atoms with Crippen LogP contribution in [-0.4, -0.2) is 66.8 Å². The molecule has 3 rings (SSSR count). The van der Waals surface area contributed by atoms with Crippen molar-refractivity contribution in [3.05, 3.63) is 35.4 Å². The van der Waals surface area contributed by atoms with Gasteiger partial charge in [-0.15, -0.1) is 0 Å². The average Bonchev–Trinajstić information content (AvgIpc) is 3.46. The second-order valence-electron chi connectivity index (χ2n) is 6.85. The van der Waals surface area contributed by atoms with Gasteiger partial charge in [0, 0.05) is 38.8 Å². The van der Waals surface area contributed by atoms with Gasteiger partial charge in [0.15, 0.2) is 0 Å². The molecule has 1 aromatic carbocycles. The quantitative estimate of drug-likeness (QED) is 0.755. The molecule has 1 aliphatic heterocycles. The summed E-state index contributed by atoms with van der Waals surface area (Å²) in [5, 5.41) is 0. The molecule has 0 radical (unpaired) electrons. The monoisotopic (exact) mass is 381 g/mol. The van der Waals surface area contributed by atoms with Gasteiger partial charge >= 0.3 is 6.09 Å². The molecule has 1 heterocycles. The van der Waals surface area contributed by atoms with Crippen LogP contribution in [0.1, 0.15) is 30.9 Å². The molecular formula is C18H27N3O4S. The Bertz CT molecular complexity index is 723. The van der Waals surface area contributed by atoms with Gasteiger partial charge in [0.05, 0.1) is 6.61 Å². The highest BCUT2D eigenvalue weighted by Crippen LogP contribution is 2.32. The Labute approximate surface area is 155 Å². The van der Waals surface area contributed by atoms with E-state index in [2.05, 4.69) is 0 Å². The number of nitrogens with zero attached hydrogens (tertiary/aromatic N) is 3. The zero-order valence-electron chi connectivity index (χ0n) is 15.4. The largest absolute Gasteiger partial charge is 0.450 e. The van der Waals surface area contributed by atoms with Crippen LogP contribution in [-0.2, 0) is 21.5 Å². The summed E-state index contributed by atoms with van der Waals surface area (Å²) < 4.78 is 34.4. The maximum absolute atomic E-state index is 13.2. The van der Waals surface area contributed by atoms with Gasteiger partial charge in [0.1, 0.15) is 0 Å². The van der Waals surface area contributed by atoms with Crippen LogP contribution in [0.2, 0.25) is 0 Å². The highest BCUT2D eigenvalue weighted by molar-refractivity contribution is 7.86. The number of hydrogen-bond acceptors (Lipinski definition) is 4. The number of hydrogen-bond donors (Lipinski definition) is 0. The first kappa shape index (κ1) is 19.1. The third-order valence-corrected chi connectivity index (χ3v) is 6.84. The Hall–Kier alpha value is -1.64. The molecule has 0 aromatic heterocycles. The van der Waals surface area contributed by atoms with Crippen LogP contribution < -0.4 is 0 Å². The summed E-state index contributed by atoms with van der Waals surface area (Å²) in [5.41, 5.74) is 2.15. The second kappa shape index (κ2) is 7.94. The Morgan fingerprint density at radius 2 is 1.77 bits per heavy atom. The van der Waals surface area contributed by atoms with E-state index in [4.69, 9.17) is 4.74 Å². The summed E-state index contributed by atoms with van der Waals surface area (Å²) in [6, 6.07) is 8.07. The third kappa shape index (κ3) is 4.36. The van der Waals surface area contributed by atoms with E-state index >= 15 is 0 Å². The summed E-state index contributed by atoms with van der Waals surface area (Å²) in [5.74, 6) is 0. The number of benzene rings is 1. The fourth-order valence-corrected chi connectivity index (χ4v) is 4.92. The van der Waals surface area contributed by atoms with Crippen LogP contribution in [0.5, 0.6) is 0 Å². The van der Waals surface area contributed by atoms with Crippen LogP contribution >= 0.6 is 0 Å². The van der Waals surface area contributed by atoms with E-state index in [1.165, 1.54) is 4.31 Å². The molecule has 1 amide bonds. The highest BCUT2D eigenvalue weighted by Gasteiger charge is 2.41. The Morgan fingerprint density at radius 3 is 2.31 bits per heavy atom. The van der Waals surface area contributed by atoms with Crippen molar-refractivity contribution in [1.29, 1.82) is 0 Å². The molecule has 26 heavy (non-hydrogen) atoms. The molecule has 1 saturated carbocycles. The normalized spacial score (nSPS) is 19.0. The molecule has 7 nitrogen and oxygen atoms in total. The lowest BCUT2D eigenvalue weighted by molar-refractivity contribution is 0.0923. The number of piperazine rings is 1. The first-order valence-electron chi connectivity index (χ1n) is 9.16. The van der Waals surface area contributed by atoms with Crippen LogP contribution in [0.3, 0.4) is 0 Å². The SMILES string of the molecule is CCOC(=O)N1CCN(S(=O)(=O)N(Cc2ccc(C)cc2)C2CC2)CC1. The van der Waals surface area contributed by atoms with E-state index in [0.717, 1.165) is 24.0 Å². The molecule has 0 bridgehead atoms. The first-order chi connectivity index (χ1) is 12.4. The third-order valence-electron chi connectivity index (χ3n) is 4.80. The van der Waals surface area contributed by atoms with Gasteiger partial charge in [-0.25, -0.2) is 4.79 Å². The molecule has 0 atom stereocenters. The fraction of sp³-hybridized carbons (Fsp3) is 0.611. The van der Waals surface area contributed by atoms with E-state index in [-0.39, 0.29) is 12.1 Å². The van der Waals surface area contributed by atoms with E-state index in [9.17, 15) is 13.2 Å². The number of aryl methyl sites for hydroxylation is 1. The van der Waals surface area contributed by atoms with Gasteiger partial charge in [-0.3, -0.25) is 0 Å². The Morgan fingerprint density at radius 1 is 1.15 bits per heavy atom. The van der Waals surface area contributed by atoms with Gasteiger partial charge in [-0.1, -0.05) is 29.8 Å².